The van der Waals surface area contributed by atoms with Gasteiger partial charge in [-0.25, -0.2) is 14.5 Å². The first-order valence-corrected chi connectivity index (χ1v) is 6.24. The second-order valence-electron chi connectivity index (χ2n) is 4.75. The first-order chi connectivity index (χ1) is 9.70. The number of benzene rings is 1. The first-order valence-electron chi connectivity index (χ1n) is 6.24. The van der Waals surface area contributed by atoms with Crippen molar-refractivity contribution >= 4 is 16.7 Å². The second kappa shape index (κ2) is 3.80. The molecule has 4 rings (SSSR count). The van der Waals surface area contributed by atoms with Crippen LogP contribution in [-0.4, -0.2) is 24.6 Å². The lowest BCUT2D eigenvalue weighted by Crippen LogP contribution is -2.14. The molecule has 98 valence electrons. The fourth-order valence-corrected chi connectivity index (χ4v) is 2.35. The van der Waals surface area contributed by atoms with Gasteiger partial charge in [0.25, 0.3) is 5.56 Å². The third-order valence-corrected chi connectivity index (χ3v) is 3.29. The average Bonchev–Trinajstić information content (AvgIpc) is 3.03. The number of fused-ring (bicyclic) bond motifs is 2. The maximum atomic E-state index is 12.1. The third-order valence-electron chi connectivity index (χ3n) is 3.29. The number of H-pyrrole nitrogens is 2. The number of imidazole rings is 1. The van der Waals surface area contributed by atoms with Crippen LogP contribution in [0.15, 0.2) is 41.5 Å². The summed E-state index contributed by atoms with van der Waals surface area (Å²) in [6, 6.07) is 9.15. The monoisotopic (exact) mass is 265 g/mol. The highest BCUT2D eigenvalue weighted by molar-refractivity contribution is 5.80. The molecule has 0 spiro atoms. The van der Waals surface area contributed by atoms with Crippen LogP contribution in [0.5, 0.6) is 0 Å². The Balaban J connectivity index is 1.98. The Bertz CT molecular complexity index is 992. The highest BCUT2D eigenvalue weighted by Crippen LogP contribution is 2.20. The molecule has 0 fully saturated rings. The molecule has 2 N–H and O–H groups in total. The van der Waals surface area contributed by atoms with Crippen molar-refractivity contribution in [3.63, 3.8) is 0 Å². The molecule has 0 unspecified atom stereocenters. The van der Waals surface area contributed by atoms with Crippen molar-refractivity contribution in [2.24, 2.45) is 0 Å². The smallest absolute Gasteiger partial charge is 0.273 e. The van der Waals surface area contributed by atoms with Crippen molar-refractivity contribution in [3.8, 4) is 11.3 Å². The minimum Gasteiger partial charge on any atom is -0.345 e. The number of hydrogen-bond donors (Lipinski definition) is 2. The zero-order valence-electron chi connectivity index (χ0n) is 10.7. The molecular formula is C14H11N5O. The van der Waals surface area contributed by atoms with Crippen LogP contribution < -0.4 is 5.56 Å². The van der Waals surface area contributed by atoms with Gasteiger partial charge in [0.2, 0.25) is 0 Å². The topological polar surface area (TPSA) is 78.8 Å². The van der Waals surface area contributed by atoms with E-state index < -0.39 is 0 Å². The van der Waals surface area contributed by atoms with Gasteiger partial charge in [-0.1, -0.05) is 6.07 Å². The van der Waals surface area contributed by atoms with E-state index in [0.717, 1.165) is 22.3 Å². The lowest BCUT2D eigenvalue weighted by atomic mass is 10.1. The molecule has 0 atom stereocenters. The molecule has 20 heavy (non-hydrogen) atoms. The SMILES string of the molecule is Cc1cc2nc(-c3ccc4nc[nH]c4c3)cc(=O)n2[nH]1. The Morgan fingerprint density at radius 1 is 1.20 bits per heavy atom. The van der Waals surface area contributed by atoms with E-state index in [-0.39, 0.29) is 5.56 Å². The molecule has 0 saturated heterocycles. The number of aromatic amines is 2. The van der Waals surface area contributed by atoms with E-state index >= 15 is 0 Å². The summed E-state index contributed by atoms with van der Waals surface area (Å²) in [6.07, 6.45) is 1.65. The summed E-state index contributed by atoms with van der Waals surface area (Å²) in [7, 11) is 0. The number of nitrogens with zero attached hydrogens (tertiary/aromatic N) is 3. The van der Waals surface area contributed by atoms with Gasteiger partial charge in [-0.15, -0.1) is 0 Å². The van der Waals surface area contributed by atoms with Crippen LogP contribution >= 0.6 is 0 Å². The van der Waals surface area contributed by atoms with Gasteiger partial charge in [-0.2, -0.15) is 0 Å². The Morgan fingerprint density at radius 2 is 2.10 bits per heavy atom. The number of aryl methyl sites for hydroxylation is 1. The largest absolute Gasteiger partial charge is 0.345 e. The standard InChI is InChI=1S/C14H11N5O/c1-8-4-13-17-11(6-14(20)19(13)18-8)9-2-3-10-12(5-9)16-7-15-10/h2-7,18H,1H3,(H,15,16). The van der Waals surface area contributed by atoms with Crippen molar-refractivity contribution in [2.75, 3.05) is 0 Å². The van der Waals surface area contributed by atoms with E-state index in [1.807, 2.05) is 31.2 Å². The number of hydrogen-bond acceptors (Lipinski definition) is 3. The number of rotatable bonds is 1. The Morgan fingerprint density at radius 3 is 3.00 bits per heavy atom. The van der Waals surface area contributed by atoms with Crippen LogP contribution in [0.3, 0.4) is 0 Å². The Hall–Kier alpha value is -2.89. The Labute approximate surface area is 113 Å². The Kier molecular flexibility index (Phi) is 2.09. The van der Waals surface area contributed by atoms with Crippen LogP contribution in [0.2, 0.25) is 0 Å². The van der Waals surface area contributed by atoms with Crippen LogP contribution in [0.4, 0.5) is 0 Å². The number of aromatic nitrogens is 5. The first kappa shape index (κ1) is 11.0. The van der Waals surface area contributed by atoms with Crippen LogP contribution in [0.25, 0.3) is 27.9 Å². The zero-order valence-corrected chi connectivity index (χ0v) is 10.7. The quantitative estimate of drug-likeness (QED) is 0.551. The summed E-state index contributed by atoms with van der Waals surface area (Å²) in [5.74, 6) is 0. The lowest BCUT2D eigenvalue weighted by molar-refractivity contribution is 0.882. The van der Waals surface area contributed by atoms with E-state index in [9.17, 15) is 4.79 Å². The molecule has 0 aliphatic heterocycles. The van der Waals surface area contributed by atoms with Crippen molar-refractivity contribution in [2.45, 2.75) is 6.92 Å². The molecule has 0 aliphatic rings. The van der Waals surface area contributed by atoms with E-state index in [0.29, 0.717) is 11.3 Å². The molecule has 0 radical (unpaired) electrons. The summed E-state index contributed by atoms with van der Waals surface area (Å²) >= 11 is 0. The molecule has 6 heteroatoms. The van der Waals surface area contributed by atoms with E-state index in [1.165, 1.54) is 10.6 Å². The molecule has 3 heterocycles. The van der Waals surface area contributed by atoms with Crippen molar-refractivity contribution < 1.29 is 0 Å². The molecule has 4 aromatic rings. The number of nitrogens with one attached hydrogen (secondary N) is 2. The van der Waals surface area contributed by atoms with Gasteiger partial charge in [-0.05, 0) is 19.1 Å². The fourth-order valence-electron chi connectivity index (χ4n) is 2.35. The maximum Gasteiger partial charge on any atom is 0.273 e. The molecule has 0 bridgehead atoms. The van der Waals surface area contributed by atoms with E-state index in [1.54, 1.807) is 6.33 Å². The molecule has 1 aromatic carbocycles. The fraction of sp³-hybridized carbons (Fsp3) is 0.0714. The van der Waals surface area contributed by atoms with Crippen molar-refractivity contribution in [1.82, 2.24) is 24.6 Å². The van der Waals surface area contributed by atoms with Gasteiger partial charge in [-0.3, -0.25) is 9.89 Å². The summed E-state index contributed by atoms with van der Waals surface area (Å²) in [5, 5.41) is 2.96. The lowest BCUT2D eigenvalue weighted by Gasteiger charge is -2.01. The van der Waals surface area contributed by atoms with Gasteiger partial charge in [0, 0.05) is 23.4 Å². The van der Waals surface area contributed by atoms with Crippen molar-refractivity contribution in [3.05, 3.63) is 52.7 Å². The average molecular weight is 265 g/mol. The highest BCUT2D eigenvalue weighted by Gasteiger charge is 2.07. The van der Waals surface area contributed by atoms with Gasteiger partial charge in [0.1, 0.15) is 0 Å². The normalized spacial score (nSPS) is 11.4. The minimum absolute atomic E-state index is 0.122. The van der Waals surface area contributed by atoms with Crippen molar-refractivity contribution in [1.29, 1.82) is 0 Å². The summed E-state index contributed by atoms with van der Waals surface area (Å²) in [4.78, 5) is 23.8. The van der Waals surface area contributed by atoms with Crippen LogP contribution in [0.1, 0.15) is 5.69 Å². The molecule has 6 nitrogen and oxygen atoms in total. The minimum atomic E-state index is -0.122. The predicted molar refractivity (Wildman–Crippen MR) is 75.6 cm³/mol. The van der Waals surface area contributed by atoms with E-state index in [4.69, 9.17) is 0 Å². The molecule has 3 aromatic heterocycles. The molecular weight excluding hydrogens is 254 g/mol. The second-order valence-corrected chi connectivity index (χ2v) is 4.75. The summed E-state index contributed by atoms with van der Waals surface area (Å²) in [6.45, 7) is 1.89. The predicted octanol–water partition coefficient (Wildman–Crippen LogP) is 1.87. The van der Waals surface area contributed by atoms with E-state index in [2.05, 4.69) is 20.1 Å². The highest BCUT2D eigenvalue weighted by atomic mass is 16.1. The maximum absolute atomic E-state index is 12.1. The molecule has 0 amide bonds. The van der Waals surface area contributed by atoms with Gasteiger partial charge in [0.05, 0.1) is 23.1 Å². The van der Waals surface area contributed by atoms with Gasteiger partial charge < -0.3 is 4.98 Å². The summed E-state index contributed by atoms with van der Waals surface area (Å²) < 4.78 is 1.44. The van der Waals surface area contributed by atoms with Gasteiger partial charge >= 0.3 is 0 Å². The zero-order chi connectivity index (χ0) is 13.7. The van der Waals surface area contributed by atoms with Crippen LogP contribution in [-0.2, 0) is 0 Å². The third kappa shape index (κ3) is 1.55. The molecule has 0 aliphatic carbocycles. The van der Waals surface area contributed by atoms with Crippen LogP contribution in [0, 0.1) is 6.92 Å². The summed E-state index contributed by atoms with van der Waals surface area (Å²) in [5.41, 5.74) is 4.76. The molecule has 0 saturated carbocycles. The van der Waals surface area contributed by atoms with Gasteiger partial charge in [0.15, 0.2) is 5.65 Å².